The molecule has 20 heavy (non-hydrogen) atoms. The van der Waals surface area contributed by atoms with Crippen molar-refractivity contribution in [3.63, 3.8) is 0 Å². The van der Waals surface area contributed by atoms with Crippen molar-refractivity contribution in [2.75, 3.05) is 14.2 Å². The molecule has 0 aromatic heterocycles. The molecule has 0 radical (unpaired) electrons. The van der Waals surface area contributed by atoms with E-state index in [2.05, 4.69) is 5.32 Å². The number of rotatable bonds is 4. The normalized spacial score (nSPS) is 24.1. The van der Waals surface area contributed by atoms with Crippen molar-refractivity contribution in [3.05, 3.63) is 24.3 Å². The minimum absolute atomic E-state index is 0.0208. The SMILES string of the molecule is CNC1CCCCCC1S(=O)(=O)c1ccccc1OC. The van der Waals surface area contributed by atoms with Gasteiger partial charge in [0.15, 0.2) is 9.84 Å². The first-order valence-corrected chi connectivity index (χ1v) is 8.70. The zero-order valence-electron chi connectivity index (χ0n) is 12.1. The lowest BCUT2D eigenvalue weighted by Gasteiger charge is -2.25. The molecule has 1 aromatic rings. The topological polar surface area (TPSA) is 55.4 Å². The van der Waals surface area contributed by atoms with E-state index >= 15 is 0 Å². The first kappa shape index (κ1) is 15.3. The summed E-state index contributed by atoms with van der Waals surface area (Å²) >= 11 is 0. The lowest BCUT2D eigenvalue weighted by molar-refractivity contribution is 0.401. The molecule has 1 aliphatic rings. The Hall–Kier alpha value is -1.07. The highest BCUT2D eigenvalue weighted by Gasteiger charge is 2.36. The molecule has 0 bridgehead atoms. The quantitative estimate of drug-likeness (QED) is 0.867. The van der Waals surface area contributed by atoms with Crippen LogP contribution in [-0.2, 0) is 9.84 Å². The first-order chi connectivity index (χ1) is 9.61. The predicted octanol–water partition coefficient (Wildman–Crippen LogP) is 2.39. The summed E-state index contributed by atoms with van der Waals surface area (Å²) in [5.74, 6) is 0.437. The molecular formula is C15H23NO3S. The van der Waals surface area contributed by atoms with Gasteiger partial charge in [0.1, 0.15) is 10.6 Å². The van der Waals surface area contributed by atoms with E-state index in [4.69, 9.17) is 4.74 Å². The van der Waals surface area contributed by atoms with Gasteiger partial charge >= 0.3 is 0 Å². The largest absolute Gasteiger partial charge is 0.495 e. The molecule has 0 amide bonds. The van der Waals surface area contributed by atoms with Crippen LogP contribution in [0.1, 0.15) is 32.1 Å². The fourth-order valence-corrected chi connectivity index (χ4v) is 5.20. The molecule has 5 heteroatoms. The highest BCUT2D eigenvalue weighted by molar-refractivity contribution is 7.92. The molecule has 2 atom stereocenters. The molecule has 1 N–H and O–H groups in total. The Kier molecular flexibility index (Phi) is 5.05. The second kappa shape index (κ2) is 6.59. The number of hydrogen-bond acceptors (Lipinski definition) is 4. The number of ether oxygens (including phenoxy) is 1. The Morgan fingerprint density at radius 1 is 1.15 bits per heavy atom. The summed E-state index contributed by atoms with van der Waals surface area (Å²) in [6, 6.07) is 6.91. The highest BCUT2D eigenvalue weighted by Crippen LogP contribution is 2.32. The van der Waals surface area contributed by atoms with E-state index in [0.717, 1.165) is 25.7 Å². The minimum Gasteiger partial charge on any atom is -0.495 e. The Morgan fingerprint density at radius 3 is 2.55 bits per heavy atom. The lowest BCUT2D eigenvalue weighted by Crippen LogP contribution is -2.41. The van der Waals surface area contributed by atoms with Crippen LogP contribution in [0.2, 0.25) is 0 Å². The fourth-order valence-electron chi connectivity index (χ4n) is 2.99. The summed E-state index contributed by atoms with van der Waals surface area (Å²) in [5.41, 5.74) is 0. The number of nitrogens with one attached hydrogen (secondary N) is 1. The van der Waals surface area contributed by atoms with Crippen LogP contribution >= 0.6 is 0 Å². The van der Waals surface area contributed by atoms with Crippen molar-refractivity contribution in [2.45, 2.75) is 48.3 Å². The average Bonchev–Trinajstić information content (AvgIpc) is 2.72. The van der Waals surface area contributed by atoms with E-state index in [1.807, 2.05) is 7.05 Å². The number of para-hydroxylation sites is 1. The Morgan fingerprint density at radius 2 is 1.85 bits per heavy atom. The summed E-state index contributed by atoms with van der Waals surface area (Å²) < 4.78 is 31.2. The third-order valence-electron chi connectivity index (χ3n) is 4.10. The highest BCUT2D eigenvalue weighted by atomic mass is 32.2. The van der Waals surface area contributed by atoms with Crippen molar-refractivity contribution in [1.82, 2.24) is 5.32 Å². The smallest absolute Gasteiger partial charge is 0.186 e. The molecule has 1 saturated carbocycles. The summed E-state index contributed by atoms with van der Waals surface area (Å²) in [4.78, 5) is 0.314. The van der Waals surface area contributed by atoms with Crippen LogP contribution in [0.25, 0.3) is 0 Å². The molecule has 0 spiro atoms. The number of sulfone groups is 1. The second-order valence-electron chi connectivity index (χ2n) is 5.27. The maximum atomic E-state index is 13.0. The summed E-state index contributed by atoms with van der Waals surface area (Å²) in [5, 5.41) is 2.82. The Balaban J connectivity index is 2.41. The minimum atomic E-state index is -3.38. The van der Waals surface area contributed by atoms with Gasteiger partial charge < -0.3 is 10.1 Å². The van der Waals surface area contributed by atoms with Gasteiger partial charge in [-0.3, -0.25) is 0 Å². The standard InChI is InChI=1S/C15H23NO3S/c1-16-12-8-4-3-5-10-14(12)20(17,18)15-11-7-6-9-13(15)19-2/h6-7,9,11-12,14,16H,3-5,8,10H2,1-2H3. The molecule has 4 nitrogen and oxygen atoms in total. The van der Waals surface area contributed by atoms with Crippen molar-refractivity contribution in [1.29, 1.82) is 0 Å². The third-order valence-corrected chi connectivity index (χ3v) is 6.41. The summed E-state index contributed by atoms with van der Waals surface area (Å²) in [6.07, 6.45) is 4.79. The van der Waals surface area contributed by atoms with Crippen molar-refractivity contribution < 1.29 is 13.2 Å². The fraction of sp³-hybridized carbons (Fsp3) is 0.600. The van der Waals surface area contributed by atoms with E-state index in [1.54, 1.807) is 24.3 Å². The maximum Gasteiger partial charge on any atom is 0.186 e. The third kappa shape index (κ3) is 2.99. The number of hydrogen-bond donors (Lipinski definition) is 1. The van der Waals surface area contributed by atoms with Crippen molar-refractivity contribution in [2.24, 2.45) is 0 Å². The zero-order chi connectivity index (χ0) is 14.6. The molecule has 112 valence electrons. The van der Waals surface area contributed by atoms with E-state index in [0.29, 0.717) is 17.1 Å². The zero-order valence-corrected chi connectivity index (χ0v) is 12.9. The van der Waals surface area contributed by atoms with Gasteiger partial charge in [0.25, 0.3) is 0 Å². The molecule has 1 aromatic carbocycles. The average molecular weight is 297 g/mol. The predicted molar refractivity (Wildman–Crippen MR) is 79.9 cm³/mol. The van der Waals surface area contributed by atoms with Gasteiger partial charge in [0.05, 0.1) is 12.4 Å². The number of benzene rings is 1. The second-order valence-corrected chi connectivity index (χ2v) is 7.40. The van der Waals surface area contributed by atoms with Gasteiger partial charge in [-0.2, -0.15) is 0 Å². The van der Waals surface area contributed by atoms with Crippen molar-refractivity contribution >= 4 is 9.84 Å². The molecular weight excluding hydrogens is 274 g/mol. The van der Waals surface area contributed by atoms with Gasteiger partial charge in [0.2, 0.25) is 0 Å². The molecule has 0 heterocycles. The van der Waals surface area contributed by atoms with Crippen LogP contribution in [-0.4, -0.2) is 33.9 Å². The molecule has 1 fully saturated rings. The molecule has 2 unspecified atom stereocenters. The number of methoxy groups -OCH3 is 1. The van der Waals surface area contributed by atoms with Crippen LogP contribution < -0.4 is 10.1 Å². The van der Waals surface area contributed by atoms with Gasteiger partial charge in [-0.1, -0.05) is 31.4 Å². The van der Waals surface area contributed by atoms with Crippen LogP contribution in [0.4, 0.5) is 0 Å². The van der Waals surface area contributed by atoms with E-state index < -0.39 is 9.84 Å². The van der Waals surface area contributed by atoms with Crippen molar-refractivity contribution in [3.8, 4) is 5.75 Å². The van der Waals surface area contributed by atoms with Crippen LogP contribution in [0, 0.1) is 0 Å². The Labute approximate surface area is 121 Å². The maximum absolute atomic E-state index is 13.0. The summed E-state index contributed by atoms with van der Waals surface area (Å²) in [7, 11) is -0.0180. The lowest BCUT2D eigenvalue weighted by atomic mass is 10.1. The van der Waals surface area contributed by atoms with E-state index in [-0.39, 0.29) is 11.3 Å². The molecule has 0 saturated heterocycles. The molecule has 1 aliphatic carbocycles. The van der Waals surface area contributed by atoms with Crippen LogP contribution in [0.5, 0.6) is 5.75 Å². The monoisotopic (exact) mass is 297 g/mol. The van der Waals surface area contributed by atoms with Crippen LogP contribution in [0.3, 0.4) is 0 Å². The molecule has 2 rings (SSSR count). The van der Waals surface area contributed by atoms with E-state index in [1.165, 1.54) is 7.11 Å². The Bertz CT molecular complexity index is 542. The van der Waals surface area contributed by atoms with Gasteiger partial charge in [-0.25, -0.2) is 8.42 Å². The van der Waals surface area contributed by atoms with E-state index in [9.17, 15) is 8.42 Å². The van der Waals surface area contributed by atoms with Crippen LogP contribution in [0.15, 0.2) is 29.2 Å². The molecule has 0 aliphatic heterocycles. The van der Waals surface area contributed by atoms with Gasteiger partial charge in [0, 0.05) is 6.04 Å². The summed E-state index contributed by atoms with van der Waals surface area (Å²) in [6.45, 7) is 0. The van der Waals surface area contributed by atoms with Gasteiger partial charge in [-0.15, -0.1) is 0 Å². The first-order valence-electron chi connectivity index (χ1n) is 7.15. The van der Waals surface area contributed by atoms with Gasteiger partial charge in [-0.05, 0) is 32.0 Å².